The fourth-order valence-electron chi connectivity index (χ4n) is 4.08. The summed E-state index contributed by atoms with van der Waals surface area (Å²) in [5.41, 5.74) is 3.73. The van der Waals surface area contributed by atoms with E-state index in [4.69, 9.17) is 11.6 Å². The molecule has 0 radical (unpaired) electrons. The Balaban J connectivity index is 2.07. The smallest absolute Gasteiger partial charge is 0.264 e. The molecule has 0 saturated heterocycles. The average molecular weight is 570 g/mol. The van der Waals surface area contributed by atoms with Gasteiger partial charge in [0.15, 0.2) is 0 Å². The zero-order valence-electron chi connectivity index (χ0n) is 23.2. The molecule has 0 unspecified atom stereocenters. The van der Waals surface area contributed by atoms with Crippen molar-refractivity contribution in [1.82, 2.24) is 10.2 Å². The number of sulfonamides is 1. The Kier molecular flexibility index (Phi) is 9.80. The molecule has 0 spiro atoms. The molecule has 0 saturated carbocycles. The molecule has 3 rings (SSSR count). The van der Waals surface area contributed by atoms with Gasteiger partial charge in [0.05, 0.1) is 10.6 Å². The second-order valence-corrected chi connectivity index (χ2v) is 12.4. The fourth-order valence-corrected chi connectivity index (χ4v) is 5.72. The Morgan fingerprint density at radius 3 is 2.00 bits per heavy atom. The molecule has 1 atom stereocenters. The van der Waals surface area contributed by atoms with Crippen molar-refractivity contribution in [1.29, 1.82) is 0 Å². The molecule has 39 heavy (non-hydrogen) atoms. The lowest BCUT2D eigenvalue weighted by Crippen LogP contribution is -2.52. The molecule has 0 aliphatic rings. The molecule has 3 aromatic carbocycles. The molecule has 0 aromatic heterocycles. The Bertz CT molecular complexity index is 1420. The lowest BCUT2D eigenvalue weighted by Gasteiger charge is -2.32. The number of nitrogens with zero attached hydrogens (tertiary/aromatic N) is 2. The maximum absolute atomic E-state index is 14.0. The van der Waals surface area contributed by atoms with Crippen LogP contribution in [0.5, 0.6) is 0 Å². The third kappa shape index (κ3) is 7.61. The number of hydrogen-bond acceptors (Lipinski definition) is 4. The van der Waals surface area contributed by atoms with Gasteiger partial charge in [-0.15, -0.1) is 0 Å². The summed E-state index contributed by atoms with van der Waals surface area (Å²) in [6.45, 7) is 10.5. The van der Waals surface area contributed by atoms with Crippen LogP contribution in [0.3, 0.4) is 0 Å². The number of aryl methyl sites for hydroxylation is 3. The number of anilines is 1. The van der Waals surface area contributed by atoms with Crippen LogP contribution in [0.15, 0.2) is 71.6 Å². The third-order valence-electron chi connectivity index (χ3n) is 6.40. The van der Waals surface area contributed by atoms with Crippen LogP contribution in [0.2, 0.25) is 5.02 Å². The maximum Gasteiger partial charge on any atom is 0.264 e. The number of rotatable bonds is 10. The van der Waals surface area contributed by atoms with Gasteiger partial charge in [-0.25, -0.2) is 8.42 Å². The van der Waals surface area contributed by atoms with Gasteiger partial charge < -0.3 is 10.2 Å². The summed E-state index contributed by atoms with van der Waals surface area (Å²) in [5.74, 6) is -0.839. The topological polar surface area (TPSA) is 86.8 Å². The minimum absolute atomic E-state index is 0.0518. The van der Waals surface area contributed by atoms with Crippen molar-refractivity contribution < 1.29 is 18.0 Å². The van der Waals surface area contributed by atoms with Gasteiger partial charge >= 0.3 is 0 Å². The van der Waals surface area contributed by atoms with E-state index in [1.165, 1.54) is 23.1 Å². The Morgan fingerprint density at radius 1 is 0.872 bits per heavy atom. The molecular weight excluding hydrogens is 534 g/mol. The average Bonchev–Trinajstić information content (AvgIpc) is 2.87. The molecule has 3 aromatic rings. The Labute approximate surface area is 236 Å². The minimum atomic E-state index is -4.16. The molecule has 2 amide bonds. The van der Waals surface area contributed by atoms with Crippen LogP contribution in [-0.4, -0.2) is 43.8 Å². The second kappa shape index (κ2) is 12.7. The van der Waals surface area contributed by atoms with E-state index in [1.54, 1.807) is 38.1 Å². The van der Waals surface area contributed by atoms with E-state index in [1.807, 2.05) is 52.0 Å². The zero-order valence-corrected chi connectivity index (χ0v) is 24.8. The SMILES string of the molecule is Cc1ccc(CN(C(=O)CN(c2cc(Cl)ccc2C)S(=O)(=O)c2ccc(C)cc2)[C@@H](C)C(=O)NC(C)C)cc1. The first kappa shape index (κ1) is 30.2. The molecule has 208 valence electrons. The normalized spacial score (nSPS) is 12.2. The van der Waals surface area contributed by atoms with E-state index in [0.29, 0.717) is 16.3 Å². The number of carbonyl (C=O) groups is 2. The highest BCUT2D eigenvalue weighted by Gasteiger charge is 2.33. The van der Waals surface area contributed by atoms with E-state index in [0.717, 1.165) is 21.0 Å². The van der Waals surface area contributed by atoms with Crippen molar-refractivity contribution in [2.45, 2.75) is 65.1 Å². The van der Waals surface area contributed by atoms with Gasteiger partial charge in [0.1, 0.15) is 12.6 Å². The van der Waals surface area contributed by atoms with E-state index in [9.17, 15) is 18.0 Å². The van der Waals surface area contributed by atoms with Crippen molar-refractivity contribution in [3.8, 4) is 0 Å². The van der Waals surface area contributed by atoms with Gasteiger partial charge in [-0.1, -0.05) is 65.2 Å². The molecule has 0 fully saturated rings. The summed E-state index contributed by atoms with van der Waals surface area (Å²) in [5, 5.41) is 3.19. The lowest BCUT2D eigenvalue weighted by molar-refractivity contribution is -0.139. The molecular formula is C30H36ClN3O4S. The Hall–Kier alpha value is -3.36. The van der Waals surface area contributed by atoms with Crippen LogP contribution in [0.4, 0.5) is 5.69 Å². The molecule has 9 heteroatoms. The summed E-state index contributed by atoms with van der Waals surface area (Å²) in [4.78, 5) is 28.4. The van der Waals surface area contributed by atoms with Crippen molar-refractivity contribution >= 4 is 39.1 Å². The van der Waals surface area contributed by atoms with E-state index >= 15 is 0 Å². The summed E-state index contributed by atoms with van der Waals surface area (Å²) >= 11 is 6.27. The van der Waals surface area contributed by atoms with Crippen LogP contribution in [-0.2, 0) is 26.2 Å². The third-order valence-corrected chi connectivity index (χ3v) is 8.41. The predicted molar refractivity (Wildman–Crippen MR) is 156 cm³/mol. The molecule has 0 aliphatic carbocycles. The van der Waals surface area contributed by atoms with Crippen molar-refractivity contribution in [3.63, 3.8) is 0 Å². The summed E-state index contributed by atoms with van der Waals surface area (Å²) in [6.07, 6.45) is 0. The predicted octanol–water partition coefficient (Wildman–Crippen LogP) is 5.40. The van der Waals surface area contributed by atoms with Crippen LogP contribution in [0.1, 0.15) is 43.0 Å². The van der Waals surface area contributed by atoms with Gasteiger partial charge in [0.25, 0.3) is 10.0 Å². The fraction of sp³-hybridized carbons (Fsp3) is 0.333. The minimum Gasteiger partial charge on any atom is -0.352 e. The van der Waals surface area contributed by atoms with Crippen LogP contribution < -0.4 is 9.62 Å². The van der Waals surface area contributed by atoms with Crippen molar-refractivity contribution in [2.75, 3.05) is 10.8 Å². The largest absolute Gasteiger partial charge is 0.352 e. The van der Waals surface area contributed by atoms with E-state index < -0.39 is 28.5 Å². The summed E-state index contributed by atoms with van der Waals surface area (Å²) < 4.78 is 29.0. The molecule has 0 heterocycles. The monoisotopic (exact) mass is 569 g/mol. The molecule has 7 nitrogen and oxygen atoms in total. The number of halogens is 1. The van der Waals surface area contributed by atoms with Gasteiger partial charge in [-0.2, -0.15) is 0 Å². The van der Waals surface area contributed by atoms with Gasteiger partial charge in [-0.05, 0) is 76.9 Å². The second-order valence-electron chi connectivity index (χ2n) is 10.1. The van der Waals surface area contributed by atoms with Crippen molar-refractivity contribution in [3.05, 3.63) is 94.0 Å². The first-order valence-electron chi connectivity index (χ1n) is 12.8. The number of benzene rings is 3. The summed E-state index contributed by atoms with van der Waals surface area (Å²) in [6, 6.07) is 18.1. The zero-order chi connectivity index (χ0) is 28.9. The molecule has 1 N–H and O–H groups in total. The highest BCUT2D eigenvalue weighted by Crippen LogP contribution is 2.30. The summed E-state index contributed by atoms with van der Waals surface area (Å²) in [7, 11) is -4.16. The van der Waals surface area contributed by atoms with Crippen LogP contribution in [0, 0.1) is 20.8 Å². The molecule has 0 aliphatic heterocycles. The number of hydrogen-bond donors (Lipinski definition) is 1. The highest BCUT2D eigenvalue weighted by molar-refractivity contribution is 7.92. The lowest BCUT2D eigenvalue weighted by atomic mass is 10.1. The highest BCUT2D eigenvalue weighted by atomic mass is 35.5. The van der Waals surface area contributed by atoms with Crippen LogP contribution >= 0.6 is 11.6 Å². The number of amides is 2. The quantitative estimate of drug-likeness (QED) is 0.354. The maximum atomic E-state index is 14.0. The van der Waals surface area contributed by atoms with Gasteiger partial charge in [0.2, 0.25) is 11.8 Å². The standard InChI is InChI=1S/C30H36ClN3O4S/c1-20(2)32-30(36)24(6)33(18-25-12-7-21(3)8-13-25)29(35)19-34(28-17-26(31)14-11-23(28)5)39(37,38)27-15-9-22(4)10-16-27/h7-17,20,24H,18-19H2,1-6H3,(H,32,36)/t24-/m0/s1. The first-order chi connectivity index (χ1) is 18.3. The van der Waals surface area contributed by atoms with Gasteiger partial charge in [0, 0.05) is 17.6 Å². The first-order valence-corrected chi connectivity index (χ1v) is 14.6. The van der Waals surface area contributed by atoms with E-state index in [-0.39, 0.29) is 23.4 Å². The van der Waals surface area contributed by atoms with Crippen molar-refractivity contribution in [2.24, 2.45) is 0 Å². The number of carbonyl (C=O) groups excluding carboxylic acids is 2. The van der Waals surface area contributed by atoms with Crippen LogP contribution in [0.25, 0.3) is 0 Å². The number of nitrogens with one attached hydrogen (secondary N) is 1. The molecule has 0 bridgehead atoms. The van der Waals surface area contributed by atoms with E-state index in [2.05, 4.69) is 5.32 Å². The van der Waals surface area contributed by atoms with Gasteiger partial charge in [-0.3, -0.25) is 13.9 Å². The Morgan fingerprint density at radius 2 is 1.44 bits per heavy atom.